The van der Waals surface area contributed by atoms with E-state index in [0.29, 0.717) is 0 Å². The first-order chi connectivity index (χ1) is 15.5. The van der Waals surface area contributed by atoms with Crippen LogP contribution in [0.25, 0.3) is 22.3 Å². The number of aromatic nitrogens is 2. The zero-order valence-electron chi connectivity index (χ0n) is 16.4. The molecule has 0 N–H and O–H groups in total. The number of nitro benzene ring substituents is 2. The minimum Gasteiger partial charge on any atom is -0.285 e. The van der Waals surface area contributed by atoms with Crippen LogP contribution in [-0.2, 0) is 0 Å². The van der Waals surface area contributed by atoms with Gasteiger partial charge in [0, 0.05) is 35.7 Å². The van der Waals surface area contributed by atoms with Crippen LogP contribution in [0.5, 0.6) is 0 Å². The maximum Gasteiger partial charge on any atom is 0.277 e. The number of pyridine rings is 2. The number of para-hydroxylation sites is 2. The van der Waals surface area contributed by atoms with Crippen LogP contribution in [0.15, 0.2) is 85.2 Å². The summed E-state index contributed by atoms with van der Waals surface area (Å²) in [6.07, 6.45) is 2.80. The lowest BCUT2D eigenvalue weighted by Gasteiger charge is -2.11. The monoisotopic (exact) mass is 426 g/mol. The summed E-state index contributed by atoms with van der Waals surface area (Å²) in [5, 5.41) is 23.0. The minimum absolute atomic E-state index is 0.0414. The summed E-state index contributed by atoms with van der Waals surface area (Å²) >= 11 is 0. The minimum atomic E-state index is -0.604. The van der Waals surface area contributed by atoms with Crippen molar-refractivity contribution in [2.45, 2.75) is 0 Å². The van der Waals surface area contributed by atoms with Crippen molar-refractivity contribution in [3.8, 4) is 22.3 Å². The second-order valence-electron chi connectivity index (χ2n) is 6.68. The summed E-state index contributed by atoms with van der Waals surface area (Å²) in [4.78, 5) is 43.8. The first-order valence-electron chi connectivity index (χ1n) is 9.41. The van der Waals surface area contributed by atoms with Gasteiger partial charge in [-0.1, -0.05) is 36.4 Å². The van der Waals surface area contributed by atoms with Crippen LogP contribution >= 0.6 is 0 Å². The highest BCUT2D eigenvalue weighted by Gasteiger charge is 2.26. The molecule has 2 aromatic heterocycles. The summed E-state index contributed by atoms with van der Waals surface area (Å²) in [6, 6.07) is 18.4. The summed E-state index contributed by atoms with van der Waals surface area (Å²) in [7, 11) is 0. The normalized spacial score (nSPS) is 10.5. The second kappa shape index (κ2) is 8.52. The molecule has 0 aliphatic carbocycles. The standard InChI is InChI=1S/C23H14N4O5/c28-23(21-17(9-5-13-24-21)15-7-1-3-11-19(15)26(29)30)22-18(10-6-14-25-22)16-8-2-4-12-20(16)27(31)32/h1-14H. The molecule has 0 spiro atoms. The number of nitro groups is 2. The largest absolute Gasteiger partial charge is 0.285 e. The lowest BCUT2D eigenvalue weighted by molar-refractivity contribution is -0.384. The summed E-state index contributed by atoms with van der Waals surface area (Å²) in [6.45, 7) is 0. The fraction of sp³-hybridized carbons (Fsp3) is 0. The third-order valence-corrected chi connectivity index (χ3v) is 4.83. The number of carbonyl (C=O) groups excluding carboxylic acids is 1. The number of benzene rings is 2. The molecular weight excluding hydrogens is 412 g/mol. The fourth-order valence-electron chi connectivity index (χ4n) is 3.44. The number of hydrogen-bond donors (Lipinski definition) is 0. The average molecular weight is 426 g/mol. The van der Waals surface area contributed by atoms with Crippen LogP contribution < -0.4 is 0 Å². The molecule has 9 nitrogen and oxygen atoms in total. The van der Waals surface area contributed by atoms with Gasteiger partial charge in [-0.05, 0) is 24.3 Å². The average Bonchev–Trinajstić information content (AvgIpc) is 2.83. The van der Waals surface area contributed by atoms with Crippen LogP contribution in [0.3, 0.4) is 0 Å². The number of hydrogen-bond acceptors (Lipinski definition) is 7. The van der Waals surface area contributed by atoms with E-state index in [1.54, 1.807) is 36.4 Å². The molecule has 0 saturated carbocycles. The van der Waals surface area contributed by atoms with Gasteiger partial charge in [-0.25, -0.2) is 0 Å². The van der Waals surface area contributed by atoms with E-state index in [1.807, 2.05) is 0 Å². The van der Waals surface area contributed by atoms with Gasteiger partial charge < -0.3 is 0 Å². The molecule has 0 saturated heterocycles. The Morgan fingerprint density at radius 2 is 0.969 bits per heavy atom. The Bertz CT molecular complexity index is 1270. The van der Waals surface area contributed by atoms with Gasteiger partial charge >= 0.3 is 0 Å². The molecule has 2 heterocycles. The number of nitrogens with zero attached hydrogens (tertiary/aromatic N) is 4. The van der Waals surface area contributed by atoms with Crippen molar-refractivity contribution in [1.29, 1.82) is 0 Å². The molecule has 9 heteroatoms. The summed E-state index contributed by atoms with van der Waals surface area (Å²) in [5.41, 5.74) is 0.576. The first-order valence-corrected chi connectivity index (χ1v) is 9.41. The van der Waals surface area contributed by atoms with Crippen molar-refractivity contribution in [2.24, 2.45) is 0 Å². The van der Waals surface area contributed by atoms with Crippen LogP contribution in [-0.4, -0.2) is 25.6 Å². The predicted octanol–water partition coefficient (Wildman–Crippen LogP) is 4.86. The van der Waals surface area contributed by atoms with Gasteiger partial charge in [0.15, 0.2) is 0 Å². The zero-order chi connectivity index (χ0) is 22.7. The van der Waals surface area contributed by atoms with E-state index in [4.69, 9.17) is 0 Å². The van der Waals surface area contributed by atoms with Crippen molar-refractivity contribution in [2.75, 3.05) is 0 Å². The number of ketones is 1. The first kappa shape index (κ1) is 20.5. The predicted molar refractivity (Wildman–Crippen MR) is 116 cm³/mol. The Morgan fingerprint density at radius 3 is 1.38 bits per heavy atom. The SMILES string of the molecule is O=C(c1ncccc1-c1ccccc1[N+](=O)[O-])c1ncccc1-c1ccccc1[N+](=O)[O-]. The quantitative estimate of drug-likeness (QED) is 0.244. The fourth-order valence-corrected chi connectivity index (χ4v) is 3.44. The van der Waals surface area contributed by atoms with Crippen LogP contribution in [0.1, 0.15) is 16.2 Å². The Labute approximate surface area is 181 Å². The number of rotatable bonds is 6. The molecule has 156 valence electrons. The molecule has 0 aliphatic rings. The third kappa shape index (κ3) is 3.70. The Morgan fingerprint density at radius 1 is 0.594 bits per heavy atom. The molecular formula is C23H14N4O5. The second-order valence-corrected chi connectivity index (χ2v) is 6.68. The maximum absolute atomic E-state index is 13.5. The van der Waals surface area contributed by atoms with E-state index in [-0.39, 0.29) is 45.0 Å². The zero-order valence-corrected chi connectivity index (χ0v) is 16.4. The van der Waals surface area contributed by atoms with E-state index in [2.05, 4.69) is 9.97 Å². The molecule has 0 fully saturated rings. The highest BCUT2D eigenvalue weighted by atomic mass is 16.6. The van der Waals surface area contributed by atoms with Gasteiger partial charge in [-0.15, -0.1) is 0 Å². The summed E-state index contributed by atoms with van der Waals surface area (Å²) < 4.78 is 0. The van der Waals surface area contributed by atoms with Crippen molar-refractivity contribution in [1.82, 2.24) is 9.97 Å². The van der Waals surface area contributed by atoms with Gasteiger partial charge in [0.05, 0.1) is 21.0 Å². The Balaban J connectivity index is 1.90. The van der Waals surface area contributed by atoms with Crippen LogP contribution in [0.4, 0.5) is 11.4 Å². The van der Waals surface area contributed by atoms with Gasteiger partial charge in [0.2, 0.25) is 5.78 Å². The maximum atomic E-state index is 13.5. The van der Waals surface area contributed by atoms with Gasteiger partial charge in [-0.2, -0.15) is 0 Å². The molecule has 4 rings (SSSR count). The molecule has 2 aromatic carbocycles. The van der Waals surface area contributed by atoms with Crippen LogP contribution in [0, 0.1) is 20.2 Å². The lowest BCUT2D eigenvalue weighted by atomic mass is 9.95. The van der Waals surface area contributed by atoms with Crippen LogP contribution in [0.2, 0.25) is 0 Å². The van der Waals surface area contributed by atoms with Crippen molar-refractivity contribution < 1.29 is 14.6 Å². The molecule has 32 heavy (non-hydrogen) atoms. The molecule has 0 aliphatic heterocycles. The molecule has 0 unspecified atom stereocenters. The molecule has 0 atom stereocenters. The molecule has 0 bridgehead atoms. The highest BCUT2D eigenvalue weighted by molar-refractivity contribution is 6.14. The molecule has 4 aromatic rings. The Kier molecular flexibility index (Phi) is 5.45. The van der Waals surface area contributed by atoms with E-state index < -0.39 is 15.6 Å². The van der Waals surface area contributed by atoms with Gasteiger partial charge in [-0.3, -0.25) is 35.0 Å². The number of carbonyl (C=O) groups is 1. The third-order valence-electron chi connectivity index (χ3n) is 4.83. The smallest absolute Gasteiger partial charge is 0.277 e. The van der Waals surface area contributed by atoms with E-state index in [1.165, 1.54) is 48.8 Å². The summed E-state index contributed by atoms with van der Waals surface area (Å²) in [5.74, 6) is -0.604. The van der Waals surface area contributed by atoms with Crippen molar-refractivity contribution >= 4 is 17.2 Å². The van der Waals surface area contributed by atoms with E-state index in [9.17, 15) is 25.0 Å². The van der Waals surface area contributed by atoms with Gasteiger partial charge in [0.25, 0.3) is 11.4 Å². The Hall–Kier alpha value is -4.79. The van der Waals surface area contributed by atoms with Crippen molar-refractivity contribution in [3.05, 3.63) is 117 Å². The van der Waals surface area contributed by atoms with Gasteiger partial charge in [0.1, 0.15) is 11.4 Å². The molecule has 0 radical (unpaired) electrons. The van der Waals surface area contributed by atoms with Crippen molar-refractivity contribution in [3.63, 3.8) is 0 Å². The van der Waals surface area contributed by atoms with E-state index in [0.717, 1.165) is 0 Å². The van der Waals surface area contributed by atoms with E-state index >= 15 is 0 Å². The lowest BCUT2D eigenvalue weighted by Crippen LogP contribution is -2.10. The highest BCUT2D eigenvalue weighted by Crippen LogP contribution is 2.35. The topological polar surface area (TPSA) is 129 Å². The molecule has 0 amide bonds.